The Morgan fingerprint density at radius 1 is 1.00 bits per heavy atom. The zero-order valence-corrected chi connectivity index (χ0v) is 23.0. The molecular weight excluding hydrogens is 491 g/mol. The van der Waals surface area contributed by atoms with Gasteiger partial charge in [0.15, 0.2) is 17.1 Å². The van der Waals surface area contributed by atoms with Crippen molar-refractivity contribution in [2.45, 2.75) is 65.6 Å². The zero-order valence-electron chi connectivity index (χ0n) is 23.0. The Labute approximate surface area is 224 Å². The first-order chi connectivity index (χ1) is 18.2. The van der Waals surface area contributed by atoms with E-state index in [1.807, 2.05) is 4.90 Å². The van der Waals surface area contributed by atoms with Gasteiger partial charge in [-0.2, -0.15) is 4.39 Å². The van der Waals surface area contributed by atoms with Crippen LogP contribution in [0.2, 0.25) is 0 Å². The van der Waals surface area contributed by atoms with Crippen LogP contribution in [0.25, 0.3) is 0 Å². The van der Waals surface area contributed by atoms with Gasteiger partial charge in [0.25, 0.3) is 5.91 Å². The van der Waals surface area contributed by atoms with E-state index in [0.717, 1.165) is 25.9 Å². The van der Waals surface area contributed by atoms with Gasteiger partial charge in [-0.1, -0.05) is 6.07 Å². The molecule has 208 valence electrons. The maximum Gasteiger partial charge on any atom is 0.349 e. The second-order valence-electron chi connectivity index (χ2n) is 9.55. The Bertz CT molecular complexity index is 1070. The molecule has 3 rings (SSSR count). The van der Waals surface area contributed by atoms with Crippen LogP contribution in [0.15, 0.2) is 36.4 Å². The van der Waals surface area contributed by atoms with Gasteiger partial charge in [-0.25, -0.2) is 4.79 Å². The predicted octanol–water partition coefficient (Wildman–Crippen LogP) is 4.74. The molecule has 0 aromatic heterocycles. The fourth-order valence-corrected chi connectivity index (χ4v) is 4.42. The highest BCUT2D eigenvalue weighted by Gasteiger charge is 2.32. The summed E-state index contributed by atoms with van der Waals surface area (Å²) in [6.45, 7) is 11.3. The predicted molar refractivity (Wildman–Crippen MR) is 142 cm³/mol. The van der Waals surface area contributed by atoms with Crippen LogP contribution >= 0.6 is 0 Å². The standard InChI is InChI=1S/C29H39FN2O6/c1-6-35-24-16-20(17-25(26(24)30)36-7-2)19-32(22-12-14-31-15-13-22)27(33)21-10-9-11-23(18-21)38-29(4,5)28(34)37-8-3/h9-11,16-18,22,31H,6-8,12-15,19H2,1-5H3. The van der Waals surface area contributed by atoms with E-state index in [1.54, 1.807) is 71.0 Å². The molecule has 8 nitrogen and oxygen atoms in total. The summed E-state index contributed by atoms with van der Waals surface area (Å²) in [5.41, 5.74) is -0.0785. The molecule has 0 saturated carbocycles. The van der Waals surface area contributed by atoms with Crippen molar-refractivity contribution >= 4 is 11.9 Å². The Balaban J connectivity index is 1.92. The first-order valence-corrected chi connectivity index (χ1v) is 13.3. The normalized spacial score (nSPS) is 14.1. The Morgan fingerprint density at radius 3 is 2.21 bits per heavy atom. The molecule has 0 radical (unpaired) electrons. The van der Waals surface area contributed by atoms with Crippen molar-refractivity contribution < 1.29 is 32.9 Å². The van der Waals surface area contributed by atoms with Gasteiger partial charge in [0.2, 0.25) is 5.82 Å². The molecule has 0 unspecified atom stereocenters. The van der Waals surface area contributed by atoms with Crippen molar-refractivity contribution in [3.8, 4) is 17.2 Å². The summed E-state index contributed by atoms with van der Waals surface area (Å²) in [4.78, 5) is 28.0. The summed E-state index contributed by atoms with van der Waals surface area (Å²) < 4.78 is 36.9. The number of rotatable bonds is 12. The number of carbonyl (C=O) groups is 2. The number of amides is 1. The average molecular weight is 531 g/mol. The minimum Gasteiger partial charge on any atom is -0.491 e. The molecule has 9 heteroatoms. The van der Waals surface area contributed by atoms with E-state index >= 15 is 0 Å². The molecule has 2 aromatic carbocycles. The fraction of sp³-hybridized carbons (Fsp3) is 0.517. The molecule has 1 N–H and O–H groups in total. The summed E-state index contributed by atoms with van der Waals surface area (Å²) >= 11 is 0. The quantitative estimate of drug-likeness (QED) is 0.397. The van der Waals surface area contributed by atoms with Crippen LogP contribution < -0.4 is 19.5 Å². The number of piperidine rings is 1. The van der Waals surface area contributed by atoms with E-state index in [9.17, 15) is 14.0 Å². The SMILES string of the molecule is CCOC(=O)C(C)(C)Oc1cccc(C(=O)N(Cc2cc(OCC)c(F)c(OCC)c2)C2CCNCC2)c1. The van der Waals surface area contributed by atoms with Crippen molar-refractivity contribution in [2.24, 2.45) is 0 Å². The Hall–Kier alpha value is -3.33. The molecule has 1 saturated heterocycles. The third-order valence-corrected chi connectivity index (χ3v) is 6.25. The summed E-state index contributed by atoms with van der Waals surface area (Å²) in [6.07, 6.45) is 1.57. The van der Waals surface area contributed by atoms with E-state index < -0.39 is 17.4 Å². The molecule has 38 heavy (non-hydrogen) atoms. The van der Waals surface area contributed by atoms with Crippen molar-refractivity contribution in [2.75, 3.05) is 32.9 Å². The van der Waals surface area contributed by atoms with Crippen LogP contribution in [0.1, 0.15) is 63.4 Å². The molecule has 1 amide bonds. The van der Waals surface area contributed by atoms with E-state index in [1.165, 1.54) is 0 Å². The average Bonchev–Trinajstić information content (AvgIpc) is 2.90. The van der Waals surface area contributed by atoms with Gasteiger partial charge in [-0.3, -0.25) is 4.79 Å². The summed E-state index contributed by atoms with van der Waals surface area (Å²) in [7, 11) is 0. The van der Waals surface area contributed by atoms with Gasteiger partial charge in [0.05, 0.1) is 19.8 Å². The summed E-state index contributed by atoms with van der Waals surface area (Å²) in [5, 5.41) is 3.34. The minimum atomic E-state index is -1.22. The van der Waals surface area contributed by atoms with Crippen LogP contribution in [0.5, 0.6) is 17.2 Å². The first-order valence-electron chi connectivity index (χ1n) is 13.3. The lowest BCUT2D eigenvalue weighted by molar-refractivity contribution is -0.158. The van der Waals surface area contributed by atoms with Crippen LogP contribution in [-0.4, -0.2) is 61.3 Å². The van der Waals surface area contributed by atoms with Crippen LogP contribution in [0.4, 0.5) is 4.39 Å². The van der Waals surface area contributed by atoms with Crippen molar-refractivity contribution in [1.29, 1.82) is 0 Å². The van der Waals surface area contributed by atoms with E-state index in [4.69, 9.17) is 18.9 Å². The number of esters is 1. The lowest BCUT2D eigenvalue weighted by Gasteiger charge is -2.35. The van der Waals surface area contributed by atoms with Crippen molar-refractivity contribution in [3.63, 3.8) is 0 Å². The molecule has 1 aliphatic heterocycles. The highest BCUT2D eigenvalue weighted by atomic mass is 19.1. The topological polar surface area (TPSA) is 86.3 Å². The van der Waals surface area contributed by atoms with Crippen LogP contribution in [0.3, 0.4) is 0 Å². The van der Waals surface area contributed by atoms with Crippen LogP contribution in [0, 0.1) is 5.82 Å². The Morgan fingerprint density at radius 2 is 1.63 bits per heavy atom. The molecule has 1 aliphatic rings. The second-order valence-corrected chi connectivity index (χ2v) is 9.55. The zero-order chi connectivity index (χ0) is 27.7. The van der Waals surface area contributed by atoms with Crippen molar-refractivity contribution in [3.05, 3.63) is 53.3 Å². The maximum atomic E-state index is 14.8. The molecule has 0 aliphatic carbocycles. The lowest BCUT2D eigenvalue weighted by atomic mass is 10.0. The van der Waals surface area contributed by atoms with E-state index in [0.29, 0.717) is 30.1 Å². The number of nitrogens with zero attached hydrogens (tertiary/aromatic N) is 1. The molecule has 2 aromatic rings. The highest BCUT2D eigenvalue weighted by molar-refractivity contribution is 5.95. The number of carbonyl (C=O) groups excluding carboxylic acids is 2. The molecule has 0 bridgehead atoms. The number of benzene rings is 2. The van der Waals surface area contributed by atoms with Crippen LogP contribution in [-0.2, 0) is 16.1 Å². The smallest absolute Gasteiger partial charge is 0.349 e. The van der Waals surface area contributed by atoms with E-state index in [2.05, 4.69) is 5.32 Å². The lowest BCUT2D eigenvalue weighted by Crippen LogP contribution is -2.45. The minimum absolute atomic E-state index is 0.0135. The molecule has 0 spiro atoms. The van der Waals surface area contributed by atoms with Gasteiger partial charge in [0, 0.05) is 18.2 Å². The maximum absolute atomic E-state index is 14.8. The summed E-state index contributed by atoms with van der Waals surface area (Å²) in [5.74, 6) is -0.633. The summed E-state index contributed by atoms with van der Waals surface area (Å²) in [6, 6.07) is 10.0. The number of nitrogens with one attached hydrogen (secondary N) is 1. The highest BCUT2D eigenvalue weighted by Crippen LogP contribution is 2.31. The molecule has 1 heterocycles. The van der Waals surface area contributed by atoms with Gasteiger partial charge in [-0.15, -0.1) is 0 Å². The first kappa shape index (κ1) is 29.2. The van der Waals surface area contributed by atoms with Gasteiger partial charge < -0.3 is 29.2 Å². The third-order valence-electron chi connectivity index (χ3n) is 6.25. The van der Waals surface area contributed by atoms with Gasteiger partial charge in [0.1, 0.15) is 5.75 Å². The molecule has 1 fully saturated rings. The largest absolute Gasteiger partial charge is 0.491 e. The second kappa shape index (κ2) is 13.5. The van der Waals surface area contributed by atoms with Gasteiger partial charge in [-0.05, 0) is 96.4 Å². The molecular formula is C29H39FN2O6. The number of halogens is 1. The number of hydrogen-bond donors (Lipinski definition) is 1. The number of ether oxygens (including phenoxy) is 4. The number of hydrogen-bond acceptors (Lipinski definition) is 7. The van der Waals surface area contributed by atoms with E-state index in [-0.39, 0.29) is 36.6 Å². The fourth-order valence-electron chi connectivity index (χ4n) is 4.42. The third kappa shape index (κ3) is 7.37. The van der Waals surface area contributed by atoms with Crippen molar-refractivity contribution in [1.82, 2.24) is 10.2 Å². The Kier molecular flexibility index (Phi) is 10.4. The monoisotopic (exact) mass is 530 g/mol. The van der Waals surface area contributed by atoms with Gasteiger partial charge >= 0.3 is 5.97 Å². The molecule has 0 atom stereocenters.